The maximum atomic E-state index is 12.9. The number of aromatic nitrogens is 1. The SMILES string of the molecule is CC(C)(COc1cnccc1C(F)(F)F)NC(=O)C1C2CNC[C@@H]21. The van der Waals surface area contributed by atoms with Crippen molar-refractivity contribution in [3.63, 3.8) is 0 Å². The van der Waals surface area contributed by atoms with Gasteiger partial charge in [0, 0.05) is 12.1 Å². The van der Waals surface area contributed by atoms with Crippen LogP contribution in [0.25, 0.3) is 0 Å². The molecule has 5 nitrogen and oxygen atoms in total. The van der Waals surface area contributed by atoms with E-state index in [0.717, 1.165) is 31.5 Å². The summed E-state index contributed by atoms with van der Waals surface area (Å²) in [6, 6.07) is 0.874. The maximum Gasteiger partial charge on any atom is 0.420 e. The second-order valence-electron chi connectivity index (χ2n) is 7.04. The summed E-state index contributed by atoms with van der Waals surface area (Å²) in [7, 11) is 0. The number of ether oxygens (including phenoxy) is 1. The molecule has 2 heterocycles. The Kier molecular flexibility index (Phi) is 4.19. The zero-order valence-corrected chi connectivity index (χ0v) is 13.5. The Bertz CT molecular complexity index is 623. The second-order valence-corrected chi connectivity index (χ2v) is 7.04. The molecule has 0 bridgehead atoms. The van der Waals surface area contributed by atoms with Crippen molar-refractivity contribution in [2.75, 3.05) is 19.7 Å². The van der Waals surface area contributed by atoms with Crippen LogP contribution in [0.3, 0.4) is 0 Å². The minimum atomic E-state index is -4.51. The van der Waals surface area contributed by atoms with E-state index in [4.69, 9.17) is 4.74 Å². The number of hydrogen-bond donors (Lipinski definition) is 2. The Morgan fingerprint density at radius 2 is 2.04 bits per heavy atom. The number of rotatable bonds is 5. The third-order valence-corrected chi connectivity index (χ3v) is 4.53. The van der Waals surface area contributed by atoms with Crippen LogP contribution in [0.4, 0.5) is 13.2 Å². The Morgan fingerprint density at radius 3 is 2.67 bits per heavy atom. The van der Waals surface area contributed by atoms with Crippen molar-refractivity contribution >= 4 is 5.91 Å². The number of alkyl halides is 3. The number of nitrogens with zero attached hydrogens (tertiary/aromatic N) is 1. The monoisotopic (exact) mass is 343 g/mol. The number of carbonyl (C=O) groups is 1. The van der Waals surface area contributed by atoms with Crippen LogP contribution in [0.5, 0.6) is 5.75 Å². The van der Waals surface area contributed by atoms with Crippen LogP contribution < -0.4 is 15.4 Å². The summed E-state index contributed by atoms with van der Waals surface area (Å²) in [5, 5.41) is 6.10. The first kappa shape index (κ1) is 17.0. The van der Waals surface area contributed by atoms with Crippen molar-refractivity contribution < 1.29 is 22.7 Å². The smallest absolute Gasteiger partial charge is 0.420 e. The second kappa shape index (κ2) is 5.91. The molecule has 1 aliphatic heterocycles. The molecule has 2 fully saturated rings. The lowest BCUT2D eigenvalue weighted by molar-refractivity contribution is -0.139. The van der Waals surface area contributed by atoms with E-state index in [1.165, 1.54) is 0 Å². The van der Waals surface area contributed by atoms with Crippen LogP contribution in [0, 0.1) is 17.8 Å². The molecule has 24 heavy (non-hydrogen) atoms. The van der Waals surface area contributed by atoms with Crippen LogP contribution in [0.15, 0.2) is 18.5 Å². The fourth-order valence-electron chi connectivity index (χ4n) is 3.25. The Morgan fingerprint density at radius 1 is 1.38 bits per heavy atom. The van der Waals surface area contributed by atoms with Crippen LogP contribution in [-0.2, 0) is 11.0 Å². The fraction of sp³-hybridized carbons (Fsp3) is 0.625. The van der Waals surface area contributed by atoms with E-state index in [1.807, 2.05) is 0 Å². The number of amides is 1. The first-order valence-corrected chi connectivity index (χ1v) is 7.86. The summed E-state index contributed by atoms with van der Waals surface area (Å²) in [4.78, 5) is 16.0. The van der Waals surface area contributed by atoms with Gasteiger partial charge in [0.05, 0.1) is 11.7 Å². The van der Waals surface area contributed by atoms with Crippen LogP contribution in [0.2, 0.25) is 0 Å². The van der Waals surface area contributed by atoms with Gasteiger partial charge in [0.25, 0.3) is 0 Å². The number of carbonyl (C=O) groups excluding carboxylic acids is 1. The van der Waals surface area contributed by atoms with Gasteiger partial charge < -0.3 is 15.4 Å². The zero-order valence-electron chi connectivity index (χ0n) is 13.5. The highest BCUT2D eigenvalue weighted by Crippen LogP contribution is 2.48. The molecule has 8 heteroatoms. The first-order chi connectivity index (χ1) is 11.2. The molecule has 0 radical (unpaired) electrons. The van der Waals surface area contributed by atoms with Crippen LogP contribution >= 0.6 is 0 Å². The third-order valence-electron chi connectivity index (χ3n) is 4.53. The van der Waals surface area contributed by atoms with Crippen molar-refractivity contribution in [2.45, 2.75) is 25.6 Å². The number of nitrogens with one attached hydrogen (secondary N) is 2. The molecule has 1 saturated carbocycles. The first-order valence-electron chi connectivity index (χ1n) is 7.86. The molecule has 1 amide bonds. The van der Waals surface area contributed by atoms with Crippen LogP contribution in [0.1, 0.15) is 19.4 Å². The van der Waals surface area contributed by atoms with E-state index in [-0.39, 0.29) is 24.2 Å². The molecule has 1 aromatic heterocycles. The Balaban J connectivity index is 1.58. The minimum Gasteiger partial charge on any atom is -0.489 e. The van der Waals surface area contributed by atoms with E-state index in [0.29, 0.717) is 11.8 Å². The maximum absolute atomic E-state index is 12.9. The van der Waals surface area contributed by atoms with Crippen LogP contribution in [-0.4, -0.2) is 36.1 Å². The Hall–Kier alpha value is -1.83. The number of fused-ring (bicyclic) bond motifs is 1. The molecule has 1 aliphatic carbocycles. The summed E-state index contributed by atoms with van der Waals surface area (Å²) in [5.74, 6) is 0.394. The fourth-order valence-corrected chi connectivity index (χ4v) is 3.25. The lowest BCUT2D eigenvalue weighted by atomic mass is 10.1. The van der Waals surface area contributed by atoms with Crippen molar-refractivity contribution in [2.24, 2.45) is 17.8 Å². The molecule has 2 unspecified atom stereocenters. The number of pyridine rings is 1. The highest BCUT2D eigenvalue weighted by Gasteiger charge is 2.57. The molecule has 2 N–H and O–H groups in total. The lowest BCUT2D eigenvalue weighted by Gasteiger charge is -2.27. The minimum absolute atomic E-state index is 0.00894. The molecule has 0 aromatic carbocycles. The predicted molar refractivity (Wildman–Crippen MR) is 80.3 cm³/mol. The normalized spacial score (nSPS) is 26.0. The summed E-state index contributed by atoms with van der Waals surface area (Å²) < 4.78 is 44.1. The number of piperidine rings is 1. The van der Waals surface area contributed by atoms with Gasteiger partial charge in [-0.05, 0) is 44.8 Å². The molecule has 1 saturated heterocycles. The lowest BCUT2D eigenvalue weighted by Crippen LogP contribution is -2.49. The van der Waals surface area contributed by atoms with Crippen molar-refractivity contribution in [3.05, 3.63) is 24.0 Å². The molecule has 0 spiro atoms. The zero-order chi connectivity index (χ0) is 17.5. The summed E-state index contributed by atoms with van der Waals surface area (Å²) >= 11 is 0. The van der Waals surface area contributed by atoms with Crippen molar-refractivity contribution in [1.29, 1.82) is 0 Å². The molecule has 132 valence electrons. The van der Waals surface area contributed by atoms with Crippen molar-refractivity contribution in [1.82, 2.24) is 15.6 Å². The van der Waals surface area contributed by atoms with E-state index < -0.39 is 17.3 Å². The van der Waals surface area contributed by atoms with Gasteiger partial charge in [-0.1, -0.05) is 0 Å². The average molecular weight is 343 g/mol. The molecule has 3 rings (SSSR count). The standard InChI is InChI=1S/C16H20F3N3O2/c1-15(2,22-14(23)13-9-5-21-6-10(9)13)8-24-12-7-20-4-3-11(12)16(17,18)19/h3-4,7,9-10,13,21H,5-6,8H2,1-2H3,(H,22,23)/t9-,10?,13?/m0/s1. The highest BCUT2D eigenvalue weighted by atomic mass is 19.4. The summed E-state index contributed by atoms with van der Waals surface area (Å²) in [6.07, 6.45) is -2.40. The largest absolute Gasteiger partial charge is 0.489 e. The van der Waals surface area contributed by atoms with E-state index in [2.05, 4.69) is 15.6 Å². The van der Waals surface area contributed by atoms with Gasteiger partial charge in [0.2, 0.25) is 5.91 Å². The number of halogens is 3. The molecular weight excluding hydrogens is 323 g/mol. The topological polar surface area (TPSA) is 63.2 Å². The third kappa shape index (κ3) is 3.48. The average Bonchev–Trinajstić information content (AvgIpc) is 2.98. The van der Waals surface area contributed by atoms with E-state index in [1.54, 1.807) is 13.8 Å². The van der Waals surface area contributed by atoms with Gasteiger partial charge in [-0.2, -0.15) is 13.2 Å². The van der Waals surface area contributed by atoms with Gasteiger partial charge in [-0.15, -0.1) is 0 Å². The number of hydrogen-bond acceptors (Lipinski definition) is 4. The van der Waals surface area contributed by atoms with E-state index >= 15 is 0 Å². The van der Waals surface area contributed by atoms with Gasteiger partial charge in [0.1, 0.15) is 17.9 Å². The summed E-state index contributed by atoms with van der Waals surface area (Å²) in [6.45, 7) is 5.08. The Labute approximate surface area is 138 Å². The quantitative estimate of drug-likeness (QED) is 0.856. The summed E-state index contributed by atoms with van der Waals surface area (Å²) in [5.41, 5.74) is -1.65. The van der Waals surface area contributed by atoms with Gasteiger partial charge >= 0.3 is 6.18 Å². The molecule has 2 aliphatic rings. The molecule has 1 aromatic rings. The van der Waals surface area contributed by atoms with Gasteiger partial charge in [-0.25, -0.2) is 0 Å². The predicted octanol–water partition coefficient (Wildman–Crippen LogP) is 1.84. The van der Waals surface area contributed by atoms with Crippen molar-refractivity contribution in [3.8, 4) is 5.75 Å². The molecular formula is C16H20F3N3O2. The molecule has 3 atom stereocenters. The van der Waals surface area contributed by atoms with E-state index in [9.17, 15) is 18.0 Å². The van der Waals surface area contributed by atoms with Gasteiger partial charge in [-0.3, -0.25) is 9.78 Å². The highest BCUT2D eigenvalue weighted by molar-refractivity contribution is 5.83. The van der Waals surface area contributed by atoms with Gasteiger partial charge in [0.15, 0.2) is 0 Å².